The van der Waals surface area contributed by atoms with Gasteiger partial charge in [0, 0.05) is 6.54 Å². The molecule has 0 aliphatic carbocycles. The van der Waals surface area contributed by atoms with Crippen LogP contribution in [0.2, 0.25) is 0 Å². The number of nitrogens with zero attached hydrogens (tertiary/aromatic N) is 1. The van der Waals surface area contributed by atoms with E-state index in [0.29, 0.717) is 0 Å². The van der Waals surface area contributed by atoms with E-state index in [1.54, 1.807) is 20.8 Å². The van der Waals surface area contributed by atoms with Crippen molar-refractivity contribution in [2.45, 2.75) is 45.4 Å². The lowest BCUT2D eigenvalue weighted by molar-refractivity contribution is -0.145. The van der Waals surface area contributed by atoms with Gasteiger partial charge in [0.1, 0.15) is 18.2 Å². The first-order chi connectivity index (χ1) is 11.1. The monoisotopic (exact) mass is 358 g/mol. The number of thiazole rings is 1. The standard InChI is InChI=1S/C15H22N2O6S/c1-5-8-22-12(19)10(16-13(20)23-15(2,3)4)6-7-17-11(18)9-24-14(17)21/h5,9-10,18H,1,6-8H2,2-4H3,(H,16,20). The van der Waals surface area contributed by atoms with Crippen molar-refractivity contribution in [2.24, 2.45) is 0 Å². The molecule has 0 saturated heterocycles. The molecule has 8 nitrogen and oxygen atoms in total. The quantitative estimate of drug-likeness (QED) is 0.567. The number of nitrogens with one attached hydrogen (secondary N) is 1. The smallest absolute Gasteiger partial charge is 0.408 e. The zero-order chi connectivity index (χ0) is 18.3. The molecule has 1 aromatic heterocycles. The average Bonchev–Trinajstić information content (AvgIpc) is 2.78. The third-order valence-corrected chi connectivity index (χ3v) is 3.47. The van der Waals surface area contributed by atoms with Crippen LogP contribution in [0.4, 0.5) is 4.79 Å². The van der Waals surface area contributed by atoms with E-state index in [0.717, 1.165) is 15.9 Å². The largest absolute Gasteiger partial charge is 0.494 e. The number of hydrogen-bond acceptors (Lipinski definition) is 7. The summed E-state index contributed by atoms with van der Waals surface area (Å²) >= 11 is 0.843. The van der Waals surface area contributed by atoms with Gasteiger partial charge in [-0.25, -0.2) is 9.59 Å². The van der Waals surface area contributed by atoms with Crippen LogP contribution in [0.25, 0.3) is 0 Å². The molecule has 1 rings (SSSR count). The van der Waals surface area contributed by atoms with Crippen LogP contribution in [0.1, 0.15) is 27.2 Å². The van der Waals surface area contributed by atoms with Crippen LogP contribution in [-0.4, -0.2) is 40.0 Å². The second-order valence-corrected chi connectivity index (χ2v) is 6.74. The zero-order valence-electron chi connectivity index (χ0n) is 13.9. The first-order valence-electron chi connectivity index (χ1n) is 7.28. The van der Waals surface area contributed by atoms with Crippen LogP contribution in [-0.2, 0) is 20.8 Å². The summed E-state index contributed by atoms with van der Waals surface area (Å²) in [4.78, 5) is 35.1. The summed E-state index contributed by atoms with van der Waals surface area (Å²) < 4.78 is 11.2. The van der Waals surface area contributed by atoms with Crippen LogP contribution in [0, 0.1) is 0 Å². The Hall–Kier alpha value is -2.29. The molecule has 134 valence electrons. The Bertz CT molecular complexity index is 643. The number of ether oxygens (including phenoxy) is 2. The number of aromatic hydroxyl groups is 1. The normalized spacial score (nSPS) is 12.3. The van der Waals surface area contributed by atoms with E-state index < -0.39 is 23.7 Å². The highest BCUT2D eigenvalue weighted by molar-refractivity contribution is 7.07. The number of aromatic nitrogens is 1. The first-order valence-corrected chi connectivity index (χ1v) is 8.16. The summed E-state index contributed by atoms with van der Waals surface area (Å²) in [5.74, 6) is -0.871. The molecule has 1 atom stereocenters. The maximum Gasteiger partial charge on any atom is 0.408 e. The van der Waals surface area contributed by atoms with Crippen molar-refractivity contribution in [1.29, 1.82) is 0 Å². The van der Waals surface area contributed by atoms with Crippen molar-refractivity contribution in [2.75, 3.05) is 6.61 Å². The Morgan fingerprint density at radius 1 is 1.50 bits per heavy atom. The van der Waals surface area contributed by atoms with Crippen molar-refractivity contribution >= 4 is 23.4 Å². The minimum atomic E-state index is -1.02. The number of carbonyl (C=O) groups is 2. The minimum Gasteiger partial charge on any atom is -0.494 e. The molecular weight excluding hydrogens is 336 g/mol. The molecule has 0 fully saturated rings. The van der Waals surface area contributed by atoms with Gasteiger partial charge in [0.15, 0.2) is 0 Å². The molecule has 1 unspecified atom stereocenters. The van der Waals surface area contributed by atoms with Crippen molar-refractivity contribution in [3.63, 3.8) is 0 Å². The van der Waals surface area contributed by atoms with E-state index in [4.69, 9.17) is 9.47 Å². The number of alkyl carbamates (subject to hydrolysis) is 1. The summed E-state index contributed by atoms with van der Waals surface area (Å²) in [5.41, 5.74) is -0.720. The van der Waals surface area contributed by atoms with E-state index in [1.807, 2.05) is 0 Å². The number of amides is 1. The second-order valence-electron chi connectivity index (χ2n) is 5.92. The molecule has 0 bridgehead atoms. The molecule has 1 heterocycles. The highest BCUT2D eigenvalue weighted by Gasteiger charge is 2.25. The van der Waals surface area contributed by atoms with E-state index in [-0.39, 0.29) is 30.3 Å². The Balaban J connectivity index is 2.77. The predicted octanol–water partition coefficient (Wildman–Crippen LogP) is 1.63. The molecule has 0 aliphatic rings. The van der Waals surface area contributed by atoms with Crippen molar-refractivity contribution < 1.29 is 24.2 Å². The molecule has 0 spiro atoms. The average molecular weight is 358 g/mol. The Morgan fingerprint density at radius 3 is 2.67 bits per heavy atom. The fourth-order valence-corrected chi connectivity index (χ4v) is 2.37. The summed E-state index contributed by atoms with van der Waals surface area (Å²) in [6.45, 7) is 8.56. The van der Waals surface area contributed by atoms with Crippen molar-refractivity contribution in [3.05, 3.63) is 27.7 Å². The van der Waals surface area contributed by atoms with Crippen LogP contribution in [0.15, 0.2) is 22.8 Å². The third kappa shape index (κ3) is 6.45. The molecule has 24 heavy (non-hydrogen) atoms. The zero-order valence-corrected chi connectivity index (χ0v) is 14.7. The van der Waals surface area contributed by atoms with Gasteiger partial charge in [-0.2, -0.15) is 0 Å². The minimum absolute atomic E-state index is 0.00498. The molecule has 0 radical (unpaired) electrons. The Labute approximate surface area is 143 Å². The van der Waals surface area contributed by atoms with Gasteiger partial charge in [0.05, 0.1) is 5.38 Å². The molecular formula is C15H22N2O6S. The predicted molar refractivity (Wildman–Crippen MR) is 89.2 cm³/mol. The van der Waals surface area contributed by atoms with Gasteiger partial charge in [-0.05, 0) is 27.2 Å². The molecule has 0 aliphatic heterocycles. The fraction of sp³-hybridized carbons (Fsp3) is 0.533. The van der Waals surface area contributed by atoms with E-state index in [9.17, 15) is 19.5 Å². The summed E-state index contributed by atoms with van der Waals surface area (Å²) in [5, 5.41) is 13.3. The highest BCUT2D eigenvalue weighted by Crippen LogP contribution is 2.12. The number of esters is 1. The lowest BCUT2D eigenvalue weighted by Crippen LogP contribution is -2.45. The molecule has 1 amide bonds. The SMILES string of the molecule is C=CCOC(=O)C(CCn1c(O)csc1=O)NC(=O)OC(C)(C)C. The van der Waals surface area contributed by atoms with E-state index in [2.05, 4.69) is 11.9 Å². The van der Waals surface area contributed by atoms with Crippen LogP contribution >= 0.6 is 11.3 Å². The Morgan fingerprint density at radius 2 is 2.17 bits per heavy atom. The van der Waals surface area contributed by atoms with Crippen LogP contribution in [0.3, 0.4) is 0 Å². The maximum atomic E-state index is 12.0. The molecule has 0 saturated carbocycles. The lowest BCUT2D eigenvalue weighted by atomic mass is 10.2. The highest BCUT2D eigenvalue weighted by atomic mass is 32.1. The van der Waals surface area contributed by atoms with Crippen LogP contribution < -0.4 is 10.2 Å². The summed E-state index contributed by atoms with van der Waals surface area (Å²) in [6.07, 6.45) is 0.682. The second kappa shape index (κ2) is 8.53. The first kappa shape index (κ1) is 19.8. The van der Waals surface area contributed by atoms with Crippen LogP contribution in [0.5, 0.6) is 5.88 Å². The van der Waals surface area contributed by atoms with Gasteiger partial charge in [-0.3, -0.25) is 9.36 Å². The lowest BCUT2D eigenvalue weighted by Gasteiger charge is -2.23. The fourth-order valence-electron chi connectivity index (χ4n) is 1.73. The van der Waals surface area contributed by atoms with E-state index >= 15 is 0 Å². The topological polar surface area (TPSA) is 107 Å². The molecule has 1 aromatic rings. The van der Waals surface area contributed by atoms with Gasteiger partial charge < -0.3 is 19.9 Å². The molecule has 0 aromatic carbocycles. The molecule has 2 N–H and O–H groups in total. The van der Waals surface area contributed by atoms with Gasteiger partial charge in [0.25, 0.3) is 0 Å². The van der Waals surface area contributed by atoms with Gasteiger partial charge in [-0.15, -0.1) is 0 Å². The van der Waals surface area contributed by atoms with Gasteiger partial charge >= 0.3 is 16.9 Å². The van der Waals surface area contributed by atoms with Crippen molar-refractivity contribution in [1.82, 2.24) is 9.88 Å². The van der Waals surface area contributed by atoms with Crippen molar-refractivity contribution in [3.8, 4) is 5.88 Å². The number of carbonyl (C=O) groups excluding carboxylic acids is 2. The Kier molecular flexibility index (Phi) is 7.02. The molecule has 9 heteroatoms. The summed E-state index contributed by atoms with van der Waals surface area (Å²) in [6, 6.07) is -1.02. The maximum absolute atomic E-state index is 12.0. The van der Waals surface area contributed by atoms with Gasteiger partial charge in [0.2, 0.25) is 5.88 Å². The number of hydrogen-bond donors (Lipinski definition) is 2. The third-order valence-electron chi connectivity index (χ3n) is 2.72. The van der Waals surface area contributed by atoms with E-state index in [1.165, 1.54) is 11.5 Å². The number of rotatable bonds is 7. The van der Waals surface area contributed by atoms with Gasteiger partial charge in [-0.1, -0.05) is 24.0 Å². The summed E-state index contributed by atoms with van der Waals surface area (Å²) in [7, 11) is 0.